The molecule has 0 bridgehead atoms. The Bertz CT molecular complexity index is 510. The summed E-state index contributed by atoms with van der Waals surface area (Å²) in [5.74, 6) is -0.761. The van der Waals surface area contributed by atoms with E-state index >= 15 is 0 Å². The number of rotatable bonds is 4. The highest BCUT2D eigenvalue weighted by Gasteiger charge is 2.21. The van der Waals surface area contributed by atoms with E-state index in [-0.39, 0.29) is 17.5 Å². The normalized spacial score (nSPS) is 18.4. The van der Waals surface area contributed by atoms with Gasteiger partial charge in [0.15, 0.2) is 0 Å². The molecular formula is C14H18N2O4. The van der Waals surface area contributed by atoms with Crippen molar-refractivity contribution in [2.75, 3.05) is 19.0 Å². The molecule has 0 aromatic heterocycles. The monoisotopic (exact) mass is 278 g/mol. The Morgan fingerprint density at radius 2 is 2.20 bits per heavy atom. The lowest BCUT2D eigenvalue weighted by molar-refractivity contribution is -0.118. The Balaban J connectivity index is 2.15. The summed E-state index contributed by atoms with van der Waals surface area (Å²) >= 11 is 0. The number of ether oxygens (including phenoxy) is 1. The lowest BCUT2D eigenvalue weighted by Crippen LogP contribution is -2.43. The van der Waals surface area contributed by atoms with Gasteiger partial charge in [0.05, 0.1) is 24.4 Å². The van der Waals surface area contributed by atoms with E-state index in [2.05, 4.69) is 10.6 Å². The van der Waals surface area contributed by atoms with E-state index in [1.807, 2.05) is 0 Å². The molecule has 0 saturated carbocycles. The molecule has 1 aliphatic rings. The number of hydrogen-bond donors (Lipinski definition) is 3. The SMILES string of the molecule is COc1ccc(C(=O)O)cc1NC(=O)C1CCCCN1. The molecule has 1 unspecified atom stereocenters. The summed E-state index contributed by atoms with van der Waals surface area (Å²) in [7, 11) is 1.48. The molecule has 1 fully saturated rings. The number of piperidine rings is 1. The average Bonchev–Trinajstić information content (AvgIpc) is 2.48. The van der Waals surface area contributed by atoms with E-state index in [9.17, 15) is 9.59 Å². The Hall–Kier alpha value is -2.08. The lowest BCUT2D eigenvalue weighted by Gasteiger charge is -2.23. The third-order valence-corrected chi connectivity index (χ3v) is 3.33. The lowest BCUT2D eigenvalue weighted by atomic mass is 10.0. The first kappa shape index (κ1) is 14.3. The molecule has 0 radical (unpaired) electrons. The van der Waals surface area contributed by atoms with Gasteiger partial charge in [-0.25, -0.2) is 4.79 Å². The van der Waals surface area contributed by atoms with Crippen molar-refractivity contribution in [3.63, 3.8) is 0 Å². The zero-order valence-electron chi connectivity index (χ0n) is 11.3. The molecule has 2 rings (SSSR count). The first-order valence-electron chi connectivity index (χ1n) is 6.57. The highest BCUT2D eigenvalue weighted by Crippen LogP contribution is 2.26. The summed E-state index contributed by atoms with van der Waals surface area (Å²) in [6.45, 7) is 0.824. The van der Waals surface area contributed by atoms with Crippen LogP contribution in [0.3, 0.4) is 0 Å². The molecule has 1 aromatic rings. The first-order chi connectivity index (χ1) is 9.61. The Kier molecular flexibility index (Phi) is 4.57. The Labute approximate surface area is 117 Å². The number of aromatic carboxylic acids is 1. The van der Waals surface area contributed by atoms with Gasteiger partial charge in [-0.05, 0) is 37.6 Å². The van der Waals surface area contributed by atoms with E-state index in [0.29, 0.717) is 11.4 Å². The van der Waals surface area contributed by atoms with Gasteiger partial charge < -0.3 is 20.5 Å². The highest BCUT2D eigenvalue weighted by atomic mass is 16.5. The van der Waals surface area contributed by atoms with Crippen LogP contribution in [-0.2, 0) is 4.79 Å². The summed E-state index contributed by atoms with van der Waals surface area (Å²) in [4.78, 5) is 23.1. The van der Waals surface area contributed by atoms with E-state index < -0.39 is 5.97 Å². The van der Waals surface area contributed by atoms with E-state index in [1.54, 1.807) is 0 Å². The molecule has 1 aromatic carbocycles. The smallest absolute Gasteiger partial charge is 0.335 e. The van der Waals surface area contributed by atoms with Gasteiger partial charge in [-0.15, -0.1) is 0 Å². The number of carboxylic acid groups (broad SMARTS) is 1. The number of benzene rings is 1. The van der Waals surface area contributed by atoms with Crippen LogP contribution >= 0.6 is 0 Å². The zero-order chi connectivity index (χ0) is 14.5. The molecule has 1 amide bonds. The molecule has 20 heavy (non-hydrogen) atoms. The van der Waals surface area contributed by atoms with Gasteiger partial charge in [-0.3, -0.25) is 4.79 Å². The molecule has 0 aliphatic carbocycles. The number of carboxylic acids is 1. The quantitative estimate of drug-likeness (QED) is 0.776. The fourth-order valence-corrected chi connectivity index (χ4v) is 2.23. The van der Waals surface area contributed by atoms with Gasteiger partial charge >= 0.3 is 5.97 Å². The number of carbonyl (C=O) groups excluding carboxylic acids is 1. The topological polar surface area (TPSA) is 87.7 Å². The predicted molar refractivity (Wildman–Crippen MR) is 74.2 cm³/mol. The molecule has 108 valence electrons. The van der Waals surface area contributed by atoms with Crippen molar-refractivity contribution < 1.29 is 19.4 Å². The van der Waals surface area contributed by atoms with Crippen LogP contribution in [0.2, 0.25) is 0 Å². The molecule has 3 N–H and O–H groups in total. The van der Waals surface area contributed by atoms with Gasteiger partial charge in [-0.1, -0.05) is 6.42 Å². The minimum absolute atomic E-state index is 0.109. The molecule has 1 aliphatic heterocycles. The van der Waals surface area contributed by atoms with Crippen molar-refractivity contribution in [2.24, 2.45) is 0 Å². The van der Waals surface area contributed by atoms with Crippen LogP contribution in [0, 0.1) is 0 Å². The molecule has 1 heterocycles. The first-order valence-corrected chi connectivity index (χ1v) is 6.57. The highest BCUT2D eigenvalue weighted by molar-refractivity contribution is 5.98. The third kappa shape index (κ3) is 3.27. The van der Waals surface area contributed by atoms with Crippen LogP contribution < -0.4 is 15.4 Å². The molecule has 0 spiro atoms. The molecule has 1 atom stereocenters. The van der Waals surface area contributed by atoms with Gasteiger partial charge in [0.2, 0.25) is 5.91 Å². The molecular weight excluding hydrogens is 260 g/mol. The maximum Gasteiger partial charge on any atom is 0.335 e. The van der Waals surface area contributed by atoms with Gasteiger partial charge in [-0.2, -0.15) is 0 Å². The second-order valence-corrected chi connectivity index (χ2v) is 4.71. The minimum atomic E-state index is -1.04. The molecule has 6 heteroatoms. The van der Waals surface area contributed by atoms with E-state index in [4.69, 9.17) is 9.84 Å². The van der Waals surface area contributed by atoms with Crippen LogP contribution in [0.25, 0.3) is 0 Å². The fourth-order valence-electron chi connectivity index (χ4n) is 2.23. The van der Waals surface area contributed by atoms with Gasteiger partial charge in [0.25, 0.3) is 0 Å². The van der Waals surface area contributed by atoms with E-state index in [0.717, 1.165) is 25.8 Å². The second-order valence-electron chi connectivity index (χ2n) is 4.71. The summed E-state index contributed by atoms with van der Waals surface area (Å²) in [6, 6.07) is 4.15. The summed E-state index contributed by atoms with van der Waals surface area (Å²) < 4.78 is 5.14. The van der Waals surface area contributed by atoms with Crippen LogP contribution in [0.15, 0.2) is 18.2 Å². The average molecular weight is 278 g/mol. The summed E-state index contributed by atoms with van der Waals surface area (Å²) in [5.41, 5.74) is 0.488. The van der Waals surface area contributed by atoms with Crippen molar-refractivity contribution in [3.05, 3.63) is 23.8 Å². The van der Waals surface area contributed by atoms with Gasteiger partial charge in [0.1, 0.15) is 5.75 Å². The standard InChI is InChI=1S/C14H18N2O4/c1-20-12-6-5-9(14(18)19)8-11(12)16-13(17)10-4-2-3-7-15-10/h5-6,8,10,15H,2-4,7H2,1H3,(H,16,17)(H,18,19). The van der Waals surface area contributed by atoms with Crippen LogP contribution in [0.4, 0.5) is 5.69 Å². The molecule has 6 nitrogen and oxygen atoms in total. The number of nitrogens with one attached hydrogen (secondary N) is 2. The third-order valence-electron chi connectivity index (χ3n) is 3.33. The Morgan fingerprint density at radius 3 is 2.80 bits per heavy atom. The van der Waals surface area contributed by atoms with E-state index in [1.165, 1.54) is 25.3 Å². The van der Waals surface area contributed by atoms with Crippen LogP contribution in [-0.4, -0.2) is 36.7 Å². The number of hydrogen-bond acceptors (Lipinski definition) is 4. The second kappa shape index (κ2) is 6.38. The number of amides is 1. The number of carbonyl (C=O) groups is 2. The Morgan fingerprint density at radius 1 is 1.40 bits per heavy atom. The van der Waals surface area contributed by atoms with Crippen LogP contribution in [0.1, 0.15) is 29.6 Å². The van der Waals surface area contributed by atoms with Crippen molar-refractivity contribution in [1.82, 2.24) is 5.32 Å². The van der Waals surface area contributed by atoms with Crippen molar-refractivity contribution in [3.8, 4) is 5.75 Å². The maximum absolute atomic E-state index is 12.1. The zero-order valence-corrected chi connectivity index (χ0v) is 11.3. The summed E-state index contributed by atoms with van der Waals surface area (Å²) in [5, 5.41) is 14.9. The predicted octanol–water partition coefficient (Wildman–Crippen LogP) is 1.47. The number of methoxy groups -OCH3 is 1. The maximum atomic E-state index is 12.1. The number of anilines is 1. The van der Waals surface area contributed by atoms with Crippen molar-refractivity contribution in [1.29, 1.82) is 0 Å². The van der Waals surface area contributed by atoms with Gasteiger partial charge in [0, 0.05) is 0 Å². The van der Waals surface area contributed by atoms with Crippen molar-refractivity contribution >= 4 is 17.6 Å². The fraction of sp³-hybridized carbons (Fsp3) is 0.429. The van der Waals surface area contributed by atoms with Crippen molar-refractivity contribution in [2.45, 2.75) is 25.3 Å². The largest absolute Gasteiger partial charge is 0.495 e. The minimum Gasteiger partial charge on any atom is -0.495 e. The molecule has 1 saturated heterocycles. The van der Waals surface area contributed by atoms with Crippen LogP contribution in [0.5, 0.6) is 5.75 Å². The summed E-state index contributed by atoms with van der Waals surface area (Å²) in [6.07, 6.45) is 2.87.